The van der Waals surface area contributed by atoms with Gasteiger partial charge in [-0.05, 0) is 25.9 Å². The van der Waals surface area contributed by atoms with Gasteiger partial charge in [0.2, 0.25) is 5.91 Å². The molecule has 5 nitrogen and oxygen atoms in total. The Kier molecular flexibility index (Phi) is 5.62. The van der Waals surface area contributed by atoms with E-state index in [0.717, 1.165) is 69.4 Å². The maximum absolute atomic E-state index is 12.6. The van der Waals surface area contributed by atoms with E-state index < -0.39 is 0 Å². The number of amides is 1. The summed E-state index contributed by atoms with van der Waals surface area (Å²) in [7, 11) is 0. The lowest BCUT2D eigenvalue weighted by molar-refractivity contribution is -0.138. The summed E-state index contributed by atoms with van der Waals surface area (Å²) >= 11 is 1.71. The van der Waals surface area contributed by atoms with Gasteiger partial charge in [0.15, 0.2) is 0 Å². The van der Waals surface area contributed by atoms with Crippen LogP contribution in [0.2, 0.25) is 0 Å². The van der Waals surface area contributed by atoms with Gasteiger partial charge in [0.1, 0.15) is 5.01 Å². The van der Waals surface area contributed by atoms with Crippen LogP contribution in [-0.4, -0.2) is 60.0 Å². The first-order chi connectivity index (χ1) is 12.8. The zero-order valence-electron chi connectivity index (χ0n) is 15.1. The van der Waals surface area contributed by atoms with Gasteiger partial charge in [-0.2, -0.15) is 0 Å². The van der Waals surface area contributed by atoms with Crippen LogP contribution in [0.4, 0.5) is 0 Å². The fourth-order valence-electron chi connectivity index (χ4n) is 3.78. The maximum atomic E-state index is 12.6. The van der Waals surface area contributed by atoms with Gasteiger partial charge < -0.3 is 10.2 Å². The van der Waals surface area contributed by atoms with Gasteiger partial charge in [-0.25, -0.2) is 4.98 Å². The van der Waals surface area contributed by atoms with E-state index >= 15 is 0 Å². The molecule has 0 bridgehead atoms. The molecule has 2 aromatic rings. The fraction of sp³-hybridized carbons (Fsp3) is 0.500. The second-order valence-electron chi connectivity index (χ2n) is 7.14. The molecule has 138 valence electrons. The lowest BCUT2D eigenvalue weighted by atomic mass is 9.96. The normalized spacial score (nSPS) is 19.6. The number of nitrogens with zero attached hydrogens (tertiary/aromatic N) is 3. The van der Waals surface area contributed by atoms with Gasteiger partial charge >= 0.3 is 0 Å². The van der Waals surface area contributed by atoms with Crippen LogP contribution < -0.4 is 5.32 Å². The van der Waals surface area contributed by atoms with Crippen molar-refractivity contribution in [2.45, 2.75) is 19.4 Å². The van der Waals surface area contributed by atoms with Crippen LogP contribution in [-0.2, 0) is 11.3 Å². The van der Waals surface area contributed by atoms with Gasteiger partial charge in [-0.1, -0.05) is 30.3 Å². The topological polar surface area (TPSA) is 48.5 Å². The highest BCUT2D eigenvalue weighted by Crippen LogP contribution is 2.24. The zero-order chi connectivity index (χ0) is 17.8. The Morgan fingerprint density at radius 1 is 1.12 bits per heavy atom. The molecule has 2 aliphatic rings. The van der Waals surface area contributed by atoms with E-state index in [-0.39, 0.29) is 5.92 Å². The third-order valence-corrected chi connectivity index (χ3v) is 6.27. The lowest BCUT2D eigenvalue weighted by Gasteiger charge is -2.37. The predicted octanol–water partition coefficient (Wildman–Crippen LogP) is 2.45. The monoisotopic (exact) mass is 370 g/mol. The molecule has 6 heteroatoms. The van der Waals surface area contributed by atoms with Crippen molar-refractivity contribution in [3.05, 3.63) is 41.4 Å². The van der Waals surface area contributed by atoms with Crippen molar-refractivity contribution in [3.63, 3.8) is 0 Å². The standard InChI is InChI=1S/C20H26N4OS/c25-20(17-6-8-21-9-7-17)24-12-10-23(11-13-24)14-18-15-26-19(22-18)16-4-2-1-3-5-16/h1-5,15,17,21H,6-14H2. The SMILES string of the molecule is O=C(C1CCNCC1)N1CCN(Cc2csc(-c3ccccc3)n2)CC1. The van der Waals surface area contributed by atoms with Crippen LogP contribution in [0.3, 0.4) is 0 Å². The first-order valence-corrected chi connectivity index (χ1v) is 10.4. The Labute approximate surface area is 159 Å². The van der Waals surface area contributed by atoms with Crippen molar-refractivity contribution >= 4 is 17.2 Å². The molecular weight excluding hydrogens is 344 g/mol. The summed E-state index contributed by atoms with van der Waals surface area (Å²) in [6.07, 6.45) is 1.97. The summed E-state index contributed by atoms with van der Waals surface area (Å²) in [5.41, 5.74) is 2.31. The maximum Gasteiger partial charge on any atom is 0.225 e. The number of nitrogens with one attached hydrogen (secondary N) is 1. The molecule has 0 aliphatic carbocycles. The summed E-state index contributed by atoms with van der Waals surface area (Å²) in [6.45, 7) is 6.40. The van der Waals surface area contributed by atoms with E-state index in [1.54, 1.807) is 11.3 Å². The smallest absolute Gasteiger partial charge is 0.225 e. The number of hydrogen-bond donors (Lipinski definition) is 1. The van der Waals surface area contributed by atoms with E-state index in [0.29, 0.717) is 5.91 Å². The quantitative estimate of drug-likeness (QED) is 0.898. The molecule has 2 aliphatic heterocycles. The summed E-state index contributed by atoms with van der Waals surface area (Å²) in [5.74, 6) is 0.598. The zero-order valence-corrected chi connectivity index (χ0v) is 15.9. The molecule has 1 N–H and O–H groups in total. The molecule has 1 amide bonds. The average Bonchev–Trinajstić information content (AvgIpc) is 3.18. The number of piperazine rings is 1. The van der Waals surface area contributed by atoms with Crippen molar-refractivity contribution < 1.29 is 4.79 Å². The predicted molar refractivity (Wildman–Crippen MR) is 105 cm³/mol. The molecular formula is C20H26N4OS. The van der Waals surface area contributed by atoms with E-state index in [1.807, 2.05) is 6.07 Å². The van der Waals surface area contributed by atoms with Gasteiger partial charge in [0, 0.05) is 49.6 Å². The fourth-order valence-corrected chi connectivity index (χ4v) is 4.59. The first-order valence-electron chi connectivity index (χ1n) is 9.51. The Balaban J connectivity index is 1.29. The summed E-state index contributed by atoms with van der Waals surface area (Å²) in [4.78, 5) is 21.9. The largest absolute Gasteiger partial charge is 0.340 e. The number of carbonyl (C=O) groups excluding carboxylic acids is 1. The van der Waals surface area contributed by atoms with E-state index in [1.165, 1.54) is 5.56 Å². The molecule has 0 saturated carbocycles. The van der Waals surface area contributed by atoms with Gasteiger partial charge in [-0.15, -0.1) is 11.3 Å². The first kappa shape index (κ1) is 17.6. The van der Waals surface area contributed by atoms with Gasteiger partial charge in [-0.3, -0.25) is 9.69 Å². The molecule has 0 spiro atoms. The van der Waals surface area contributed by atoms with Crippen molar-refractivity contribution in [2.24, 2.45) is 5.92 Å². The van der Waals surface area contributed by atoms with Crippen LogP contribution in [0.15, 0.2) is 35.7 Å². The Bertz CT molecular complexity index is 718. The Hall–Kier alpha value is -1.76. The van der Waals surface area contributed by atoms with Crippen LogP contribution in [0.5, 0.6) is 0 Å². The van der Waals surface area contributed by atoms with Crippen molar-refractivity contribution in [3.8, 4) is 10.6 Å². The molecule has 0 atom stereocenters. The summed E-state index contributed by atoms with van der Waals surface area (Å²) < 4.78 is 0. The number of rotatable bonds is 4. The molecule has 2 fully saturated rings. The third kappa shape index (κ3) is 4.14. The Morgan fingerprint density at radius 3 is 2.58 bits per heavy atom. The minimum absolute atomic E-state index is 0.231. The van der Waals surface area contributed by atoms with E-state index in [9.17, 15) is 4.79 Å². The number of aromatic nitrogens is 1. The second-order valence-corrected chi connectivity index (χ2v) is 7.99. The molecule has 3 heterocycles. The van der Waals surface area contributed by atoms with Gasteiger partial charge in [0.05, 0.1) is 5.69 Å². The average molecular weight is 371 g/mol. The molecule has 0 unspecified atom stereocenters. The number of carbonyl (C=O) groups is 1. The molecule has 0 radical (unpaired) electrons. The van der Waals surface area contributed by atoms with Crippen molar-refractivity contribution in [1.82, 2.24) is 20.1 Å². The van der Waals surface area contributed by atoms with Gasteiger partial charge in [0.25, 0.3) is 0 Å². The van der Waals surface area contributed by atoms with Crippen LogP contribution in [0.25, 0.3) is 10.6 Å². The van der Waals surface area contributed by atoms with Crippen LogP contribution in [0.1, 0.15) is 18.5 Å². The van der Waals surface area contributed by atoms with Crippen molar-refractivity contribution in [1.29, 1.82) is 0 Å². The highest BCUT2D eigenvalue weighted by molar-refractivity contribution is 7.13. The highest BCUT2D eigenvalue weighted by atomic mass is 32.1. The lowest BCUT2D eigenvalue weighted by Crippen LogP contribution is -2.51. The minimum atomic E-state index is 0.231. The molecule has 2 saturated heterocycles. The molecule has 1 aromatic heterocycles. The van der Waals surface area contributed by atoms with Crippen LogP contribution >= 0.6 is 11.3 Å². The Morgan fingerprint density at radius 2 is 1.85 bits per heavy atom. The number of benzene rings is 1. The number of hydrogen-bond acceptors (Lipinski definition) is 5. The van der Waals surface area contributed by atoms with Crippen molar-refractivity contribution in [2.75, 3.05) is 39.3 Å². The second kappa shape index (κ2) is 8.29. The van der Waals surface area contributed by atoms with E-state index in [2.05, 4.69) is 44.8 Å². The summed E-state index contributed by atoms with van der Waals surface area (Å²) in [5, 5.41) is 6.58. The minimum Gasteiger partial charge on any atom is -0.340 e. The molecule has 4 rings (SSSR count). The van der Waals surface area contributed by atoms with Crippen LogP contribution in [0, 0.1) is 5.92 Å². The molecule has 26 heavy (non-hydrogen) atoms. The molecule has 1 aromatic carbocycles. The number of thiazole rings is 1. The summed E-state index contributed by atoms with van der Waals surface area (Å²) in [6, 6.07) is 10.3. The highest BCUT2D eigenvalue weighted by Gasteiger charge is 2.28. The van der Waals surface area contributed by atoms with E-state index in [4.69, 9.17) is 4.98 Å². The third-order valence-electron chi connectivity index (χ3n) is 5.33. The number of piperidine rings is 1.